The number of nitrogens with zero attached hydrogens (tertiary/aromatic N) is 2. The van der Waals surface area contributed by atoms with Gasteiger partial charge in [-0.2, -0.15) is 13.2 Å². The molecule has 0 spiro atoms. The van der Waals surface area contributed by atoms with E-state index in [1.807, 2.05) is 0 Å². The summed E-state index contributed by atoms with van der Waals surface area (Å²) < 4.78 is 63.7. The topological polar surface area (TPSA) is 65.8 Å². The van der Waals surface area contributed by atoms with Crippen LogP contribution in [0.15, 0.2) is 27.8 Å². The van der Waals surface area contributed by atoms with Gasteiger partial charge in [0.25, 0.3) is 5.56 Å². The Bertz CT molecular complexity index is 979. The van der Waals surface area contributed by atoms with E-state index in [-0.39, 0.29) is 38.7 Å². The molecule has 1 aromatic carbocycles. The number of halogens is 5. The summed E-state index contributed by atoms with van der Waals surface area (Å²) in [7, 11) is 0.830. The first kappa shape index (κ1) is 18.5. The molecule has 26 heavy (non-hydrogen) atoms. The summed E-state index contributed by atoms with van der Waals surface area (Å²) in [5.41, 5.74) is -4.71. The van der Waals surface area contributed by atoms with Crippen molar-refractivity contribution in [3.05, 3.63) is 55.6 Å². The largest absolute Gasteiger partial charge is 0.489 e. The van der Waals surface area contributed by atoms with Crippen molar-refractivity contribution in [2.24, 2.45) is 7.05 Å². The molecule has 0 amide bonds. The molecule has 11 heteroatoms. The highest BCUT2D eigenvalue weighted by atomic mass is 35.5. The maximum absolute atomic E-state index is 14.3. The highest BCUT2D eigenvalue weighted by Gasteiger charge is 2.35. The van der Waals surface area contributed by atoms with E-state index in [9.17, 15) is 27.2 Å². The normalized spacial score (nSPS) is 16.6. The molecule has 140 valence electrons. The summed E-state index contributed by atoms with van der Waals surface area (Å²) in [6, 6.07) is 2.01. The van der Waals surface area contributed by atoms with E-state index in [0.717, 1.165) is 19.2 Å². The van der Waals surface area contributed by atoms with Crippen molar-refractivity contribution in [3.8, 4) is 11.4 Å². The first-order valence-electron chi connectivity index (χ1n) is 7.23. The van der Waals surface area contributed by atoms with Crippen LogP contribution in [0.5, 0.6) is 5.75 Å². The Labute approximate surface area is 148 Å². The molecule has 0 radical (unpaired) electrons. The molecule has 0 bridgehead atoms. The summed E-state index contributed by atoms with van der Waals surface area (Å²) in [5, 5.41) is -0.122. The third-order valence-corrected chi connectivity index (χ3v) is 3.98. The molecule has 1 aromatic heterocycles. The average molecular weight is 395 g/mol. The summed E-state index contributed by atoms with van der Waals surface area (Å²) in [4.78, 5) is 24.3. The van der Waals surface area contributed by atoms with Crippen LogP contribution < -0.4 is 16.0 Å². The minimum atomic E-state index is -4.91. The van der Waals surface area contributed by atoms with E-state index in [2.05, 4.69) is 0 Å². The van der Waals surface area contributed by atoms with Gasteiger partial charge in [0.05, 0.1) is 17.3 Å². The lowest BCUT2D eigenvalue weighted by atomic mass is 10.2. The quantitative estimate of drug-likeness (QED) is 0.588. The second-order valence-corrected chi connectivity index (χ2v) is 5.95. The standard InChI is InChI=1S/C15H11ClF4N2O4/c1-21-12(15(18,19)20)4-13(23)22(14(21)24)10-3-11(8(16)2-9(10)17)26-6-7-5-25-7/h2-4,7H,5-6H2,1H3. The zero-order valence-electron chi connectivity index (χ0n) is 13.1. The summed E-state index contributed by atoms with van der Waals surface area (Å²) in [5.74, 6) is -1.10. The number of aromatic nitrogens is 2. The number of alkyl halides is 3. The average Bonchev–Trinajstić information content (AvgIpc) is 3.35. The Morgan fingerprint density at radius 3 is 2.54 bits per heavy atom. The zero-order valence-corrected chi connectivity index (χ0v) is 13.9. The van der Waals surface area contributed by atoms with E-state index in [4.69, 9.17) is 21.1 Å². The van der Waals surface area contributed by atoms with Gasteiger partial charge in [-0.15, -0.1) is 0 Å². The highest BCUT2D eigenvalue weighted by molar-refractivity contribution is 6.32. The fourth-order valence-corrected chi connectivity index (χ4v) is 2.47. The van der Waals surface area contributed by atoms with Gasteiger partial charge in [0.2, 0.25) is 0 Å². The molecule has 6 nitrogen and oxygen atoms in total. The van der Waals surface area contributed by atoms with Crippen molar-refractivity contribution < 1.29 is 27.0 Å². The minimum absolute atomic E-state index is 0.0348. The van der Waals surface area contributed by atoms with Crippen LogP contribution in [-0.4, -0.2) is 28.5 Å². The fourth-order valence-electron chi connectivity index (χ4n) is 2.27. The SMILES string of the molecule is Cn1c(C(F)(F)F)cc(=O)n(-c2cc(OCC3CO3)c(Cl)cc2F)c1=O. The van der Waals surface area contributed by atoms with Crippen molar-refractivity contribution in [2.75, 3.05) is 13.2 Å². The molecule has 0 saturated carbocycles. The van der Waals surface area contributed by atoms with Crippen molar-refractivity contribution in [1.29, 1.82) is 0 Å². The van der Waals surface area contributed by atoms with Crippen LogP contribution in [-0.2, 0) is 18.0 Å². The Morgan fingerprint density at radius 1 is 1.31 bits per heavy atom. The van der Waals surface area contributed by atoms with Crippen molar-refractivity contribution in [3.63, 3.8) is 0 Å². The van der Waals surface area contributed by atoms with Gasteiger partial charge in [0.1, 0.15) is 30.0 Å². The van der Waals surface area contributed by atoms with Crippen molar-refractivity contribution in [1.82, 2.24) is 9.13 Å². The molecule has 0 N–H and O–H groups in total. The molecular weight excluding hydrogens is 384 g/mol. The summed E-state index contributed by atoms with van der Waals surface area (Å²) >= 11 is 5.86. The van der Waals surface area contributed by atoms with Gasteiger partial charge in [-0.3, -0.25) is 9.36 Å². The number of rotatable bonds is 4. The Hall–Kier alpha value is -2.33. The Morgan fingerprint density at radius 2 is 1.96 bits per heavy atom. The molecule has 1 aliphatic rings. The van der Waals surface area contributed by atoms with Crippen LogP contribution in [0.2, 0.25) is 5.02 Å². The number of hydrogen-bond donors (Lipinski definition) is 0. The molecule has 1 saturated heterocycles. The van der Waals surface area contributed by atoms with Crippen LogP contribution in [0.4, 0.5) is 17.6 Å². The minimum Gasteiger partial charge on any atom is -0.489 e. The van der Waals surface area contributed by atoms with Crippen LogP contribution in [0.3, 0.4) is 0 Å². The predicted molar refractivity (Wildman–Crippen MR) is 82.5 cm³/mol. The molecular formula is C15H11ClF4N2O4. The van der Waals surface area contributed by atoms with Gasteiger partial charge in [-0.25, -0.2) is 13.8 Å². The van der Waals surface area contributed by atoms with Crippen molar-refractivity contribution in [2.45, 2.75) is 12.3 Å². The summed E-state index contributed by atoms with van der Waals surface area (Å²) in [6.07, 6.45) is -5.05. The lowest BCUT2D eigenvalue weighted by Crippen LogP contribution is -2.41. The third kappa shape index (κ3) is 3.47. The zero-order chi connectivity index (χ0) is 19.2. The molecule has 1 atom stereocenters. The van der Waals surface area contributed by atoms with Gasteiger partial charge in [-0.1, -0.05) is 11.6 Å². The molecule has 1 aliphatic heterocycles. The number of epoxide rings is 1. The molecule has 0 aliphatic carbocycles. The fraction of sp³-hybridized carbons (Fsp3) is 0.333. The number of ether oxygens (including phenoxy) is 2. The van der Waals surface area contributed by atoms with Gasteiger partial charge in [-0.05, 0) is 6.07 Å². The van der Waals surface area contributed by atoms with Crippen molar-refractivity contribution >= 4 is 11.6 Å². The van der Waals surface area contributed by atoms with Gasteiger partial charge in [0, 0.05) is 19.2 Å². The van der Waals surface area contributed by atoms with Gasteiger partial charge < -0.3 is 9.47 Å². The highest BCUT2D eigenvalue weighted by Crippen LogP contribution is 2.30. The van der Waals surface area contributed by atoms with Gasteiger partial charge >= 0.3 is 11.9 Å². The third-order valence-electron chi connectivity index (χ3n) is 3.68. The molecule has 2 heterocycles. The maximum atomic E-state index is 14.3. The Balaban J connectivity index is 2.14. The van der Waals surface area contributed by atoms with Crippen LogP contribution in [0.1, 0.15) is 5.69 Å². The second-order valence-electron chi connectivity index (χ2n) is 5.54. The van der Waals surface area contributed by atoms with E-state index in [1.54, 1.807) is 0 Å². The second kappa shape index (κ2) is 6.44. The van der Waals surface area contributed by atoms with E-state index in [1.165, 1.54) is 0 Å². The predicted octanol–water partition coefficient (Wildman–Crippen LogP) is 2.13. The van der Waals surface area contributed by atoms with Crippen LogP contribution >= 0.6 is 11.6 Å². The molecule has 3 rings (SSSR count). The van der Waals surface area contributed by atoms with E-state index >= 15 is 0 Å². The lowest BCUT2D eigenvalue weighted by molar-refractivity contribution is -0.144. The maximum Gasteiger partial charge on any atom is 0.431 e. The monoisotopic (exact) mass is 394 g/mol. The number of hydrogen-bond acceptors (Lipinski definition) is 4. The van der Waals surface area contributed by atoms with E-state index < -0.39 is 34.6 Å². The van der Waals surface area contributed by atoms with Gasteiger partial charge in [0.15, 0.2) is 0 Å². The molecule has 1 unspecified atom stereocenters. The Kier molecular flexibility index (Phi) is 4.57. The molecule has 1 fully saturated rings. The number of benzene rings is 1. The first-order chi connectivity index (χ1) is 12.1. The van der Waals surface area contributed by atoms with Crippen LogP contribution in [0, 0.1) is 5.82 Å². The lowest BCUT2D eigenvalue weighted by Gasteiger charge is -2.15. The van der Waals surface area contributed by atoms with E-state index in [0.29, 0.717) is 6.61 Å². The summed E-state index contributed by atoms with van der Waals surface area (Å²) in [6.45, 7) is 0.606. The van der Waals surface area contributed by atoms with Crippen LogP contribution in [0.25, 0.3) is 5.69 Å². The smallest absolute Gasteiger partial charge is 0.431 e. The first-order valence-corrected chi connectivity index (χ1v) is 7.61. The molecule has 2 aromatic rings.